The zero-order valence-electron chi connectivity index (χ0n) is 11.1. The molecule has 0 saturated heterocycles. The van der Waals surface area contributed by atoms with E-state index in [1.54, 1.807) is 7.11 Å². The molecule has 0 spiro atoms. The van der Waals surface area contributed by atoms with Gasteiger partial charge in [-0.05, 0) is 36.5 Å². The summed E-state index contributed by atoms with van der Waals surface area (Å²) in [4.78, 5) is 0. The second-order valence-corrected chi connectivity index (χ2v) is 5.09. The first-order valence-electron chi connectivity index (χ1n) is 6.82. The zero-order valence-corrected chi connectivity index (χ0v) is 11.1. The third-order valence-electron chi connectivity index (χ3n) is 3.91. The molecule has 1 aliphatic rings. The van der Waals surface area contributed by atoms with Gasteiger partial charge in [-0.25, -0.2) is 0 Å². The summed E-state index contributed by atoms with van der Waals surface area (Å²) in [6.07, 6.45) is 5.85. The Bertz CT molecular complexity index is 386. The normalized spacial score (nSPS) is 18.6. The Labute approximate surface area is 109 Å². The summed E-state index contributed by atoms with van der Waals surface area (Å²) in [5.74, 6) is 1.36. The third-order valence-corrected chi connectivity index (χ3v) is 3.91. The summed E-state index contributed by atoms with van der Waals surface area (Å²) in [6.45, 7) is 0.227. The molecule has 1 aromatic carbocycles. The van der Waals surface area contributed by atoms with Gasteiger partial charge in [0.2, 0.25) is 0 Å². The highest BCUT2D eigenvalue weighted by molar-refractivity contribution is 5.40. The summed E-state index contributed by atoms with van der Waals surface area (Å²) in [5.41, 5.74) is 7.69. The molecule has 0 heterocycles. The molecule has 1 atom stereocenters. The minimum Gasteiger partial charge on any atom is -0.496 e. The van der Waals surface area contributed by atoms with E-state index in [4.69, 9.17) is 10.5 Å². The van der Waals surface area contributed by atoms with Gasteiger partial charge in [0.05, 0.1) is 13.2 Å². The molecule has 3 nitrogen and oxygen atoms in total. The van der Waals surface area contributed by atoms with Crippen LogP contribution in [0.5, 0.6) is 5.75 Å². The van der Waals surface area contributed by atoms with Gasteiger partial charge in [-0.3, -0.25) is 0 Å². The first-order chi connectivity index (χ1) is 8.76. The summed E-state index contributed by atoms with van der Waals surface area (Å²) in [5, 5.41) is 9.96. The molecule has 0 bridgehead atoms. The van der Waals surface area contributed by atoms with Gasteiger partial charge < -0.3 is 15.6 Å². The van der Waals surface area contributed by atoms with Crippen LogP contribution in [0, 0.1) is 0 Å². The Kier molecular flexibility index (Phi) is 4.61. The number of aliphatic hydroxyl groups excluding tert-OH is 1. The highest BCUT2D eigenvalue weighted by atomic mass is 16.5. The highest BCUT2D eigenvalue weighted by Crippen LogP contribution is 2.35. The number of hydrogen-bond acceptors (Lipinski definition) is 3. The highest BCUT2D eigenvalue weighted by Gasteiger charge is 2.19. The van der Waals surface area contributed by atoms with Crippen molar-refractivity contribution in [3.63, 3.8) is 0 Å². The van der Waals surface area contributed by atoms with E-state index in [9.17, 15) is 5.11 Å². The van der Waals surface area contributed by atoms with E-state index in [1.807, 2.05) is 6.07 Å². The van der Waals surface area contributed by atoms with Crippen molar-refractivity contribution >= 4 is 0 Å². The van der Waals surface area contributed by atoms with Crippen LogP contribution in [-0.4, -0.2) is 18.8 Å². The Morgan fingerprint density at radius 3 is 2.67 bits per heavy atom. The van der Waals surface area contributed by atoms with Crippen molar-refractivity contribution in [2.45, 2.75) is 44.1 Å². The van der Waals surface area contributed by atoms with Crippen LogP contribution < -0.4 is 10.5 Å². The molecule has 1 aliphatic carbocycles. The van der Waals surface area contributed by atoms with E-state index in [0.29, 0.717) is 5.92 Å². The number of methoxy groups -OCH3 is 1. The van der Waals surface area contributed by atoms with E-state index in [2.05, 4.69) is 12.1 Å². The van der Waals surface area contributed by atoms with Gasteiger partial charge in [-0.15, -0.1) is 0 Å². The van der Waals surface area contributed by atoms with Gasteiger partial charge in [0.25, 0.3) is 0 Å². The molecule has 1 aromatic rings. The second kappa shape index (κ2) is 6.21. The smallest absolute Gasteiger partial charge is 0.124 e. The summed E-state index contributed by atoms with van der Waals surface area (Å²) < 4.78 is 5.30. The predicted molar refractivity (Wildman–Crippen MR) is 72.8 cm³/mol. The SMILES string of the molecule is COc1ccc(C2CCCCC2)cc1C(O)CN. The fourth-order valence-electron chi connectivity index (χ4n) is 2.83. The Balaban J connectivity index is 2.26. The van der Waals surface area contributed by atoms with Crippen molar-refractivity contribution in [3.05, 3.63) is 29.3 Å². The van der Waals surface area contributed by atoms with E-state index in [-0.39, 0.29) is 6.54 Å². The van der Waals surface area contributed by atoms with Crippen LogP contribution in [0.2, 0.25) is 0 Å². The van der Waals surface area contributed by atoms with Gasteiger partial charge >= 0.3 is 0 Å². The molecule has 1 fully saturated rings. The average molecular weight is 249 g/mol. The van der Waals surface area contributed by atoms with Gasteiger partial charge in [0.15, 0.2) is 0 Å². The number of benzene rings is 1. The minimum atomic E-state index is -0.636. The summed E-state index contributed by atoms with van der Waals surface area (Å²) >= 11 is 0. The maximum absolute atomic E-state index is 9.96. The lowest BCUT2D eigenvalue weighted by atomic mass is 9.83. The lowest BCUT2D eigenvalue weighted by Crippen LogP contribution is -2.13. The van der Waals surface area contributed by atoms with Gasteiger partial charge in [-0.2, -0.15) is 0 Å². The van der Waals surface area contributed by atoms with Crippen molar-refractivity contribution in [2.24, 2.45) is 5.73 Å². The van der Waals surface area contributed by atoms with Crippen molar-refractivity contribution in [1.82, 2.24) is 0 Å². The fraction of sp³-hybridized carbons (Fsp3) is 0.600. The Morgan fingerprint density at radius 1 is 1.33 bits per heavy atom. The van der Waals surface area contributed by atoms with E-state index < -0.39 is 6.10 Å². The number of nitrogens with two attached hydrogens (primary N) is 1. The van der Waals surface area contributed by atoms with Crippen molar-refractivity contribution < 1.29 is 9.84 Å². The lowest BCUT2D eigenvalue weighted by molar-refractivity contribution is 0.182. The van der Waals surface area contributed by atoms with Gasteiger partial charge in [0.1, 0.15) is 5.75 Å². The van der Waals surface area contributed by atoms with E-state index >= 15 is 0 Å². The largest absolute Gasteiger partial charge is 0.496 e. The first kappa shape index (κ1) is 13.4. The quantitative estimate of drug-likeness (QED) is 0.862. The minimum absolute atomic E-state index is 0.227. The molecule has 2 rings (SSSR count). The second-order valence-electron chi connectivity index (χ2n) is 5.09. The van der Waals surface area contributed by atoms with Gasteiger partial charge in [-0.1, -0.05) is 25.3 Å². The average Bonchev–Trinajstić information content (AvgIpc) is 2.46. The molecule has 3 N–H and O–H groups in total. The standard InChI is InChI=1S/C15H23NO2/c1-18-15-8-7-12(9-13(15)14(17)10-16)11-5-3-2-4-6-11/h7-9,11,14,17H,2-6,10,16H2,1H3. The van der Waals surface area contributed by atoms with E-state index in [1.165, 1.54) is 37.7 Å². The molecule has 0 aromatic heterocycles. The van der Waals surface area contributed by atoms with Gasteiger partial charge in [0, 0.05) is 12.1 Å². The van der Waals surface area contributed by atoms with Crippen LogP contribution in [0.25, 0.3) is 0 Å². The van der Waals surface area contributed by atoms with E-state index in [0.717, 1.165) is 11.3 Å². The first-order valence-corrected chi connectivity index (χ1v) is 6.82. The summed E-state index contributed by atoms with van der Waals surface area (Å²) in [7, 11) is 1.63. The molecule has 1 unspecified atom stereocenters. The third kappa shape index (κ3) is 2.85. The van der Waals surface area contributed by atoms with Crippen molar-refractivity contribution in [3.8, 4) is 5.75 Å². The number of ether oxygens (including phenoxy) is 1. The maximum atomic E-state index is 9.96. The molecular weight excluding hydrogens is 226 g/mol. The number of hydrogen-bond donors (Lipinski definition) is 2. The molecule has 0 amide bonds. The summed E-state index contributed by atoms with van der Waals surface area (Å²) in [6, 6.07) is 6.16. The Morgan fingerprint density at radius 2 is 2.06 bits per heavy atom. The van der Waals surface area contributed by atoms with Crippen LogP contribution in [0.3, 0.4) is 0 Å². The molecule has 100 valence electrons. The monoisotopic (exact) mass is 249 g/mol. The lowest BCUT2D eigenvalue weighted by Gasteiger charge is -2.23. The fourth-order valence-corrected chi connectivity index (χ4v) is 2.83. The van der Waals surface area contributed by atoms with Crippen LogP contribution >= 0.6 is 0 Å². The predicted octanol–water partition coefficient (Wildman–Crippen LogP) is 2.74. The van der Waals surface area contributed by atoms with Crippen LogP contribution in [0.4, 0.5) is 0 Å². The zero-order chi connectivity index (χ0) is 13.0. The number of rotatable bonds is 4. The van der Waals surface area contributed by atoms with Crippen molar-refractivity contribution in [1.29, 1.82) is 0 Å². The van der Waals surface area contributed by atoms with Crippen LogP contribution in [0.15, 0.2) is 18.2 Å². The molecule has 0 aliphatic heterocycles. The Hall–Kier alpha value is -1.06. The number of aliphatic hydroxyl groups is 1. The topological polar surface area (TPSA) is 55.5 Å². The maximum Gasteiger partial charge on any atom is 0.124 e. The van der Waals surface area contributed by atoms with Crippen molar-refractivity contribution in [2.75, 3.05) is 13.7 Å². The van der Waals surface area contributed by atoms with Crippen LogP contribution in [-0.2, 0) is 0 Å². The molecule has 18 heavy (non-hydrogen) atoms. The molecule has 0 radical (unpaired) electrons. The molecule has 1 saturated carbocycles. The van der Waals surface area contributed by atoms with Crippen LogP contribution in [0.1, 0.15) is 55.3 Å². The molecular formula is C15H23NO2. The molecule has 3 heteroatoms.